The average Bonchev–Trinajstić information content (AvgIpc) is 2.60. The summed E-state index contributed by atoms with van der Waals surface area (Å²) in [4.78, 5) is 24.4. The zero-order valence-electron chi connectivity index (χ0n) is 18.6. The first-order chi connectivity index (χ1) is 13.1. The maximum absolute atomic E-state index is 12.5. The normalized spacial score (nSPS) is 16.9. The Kier molecular flexibility index (Phi) is 15.8. The average molecular weight is 444 g/mol. The van der Waals surface area contributed by atoms with E-state index in [1.54, 1.807) is 13.8 Å². The van der Waals surface area contributed by atoms with Gasteiger partial charge in [0.2, 0.25) is 0 Å². The number of carbonyl (C=O) groups is 2. The molecule has 0 aliphatic heterocycles. The Hall–Kier alpha value is -0.150. The van der Waals surface area contributed by atoms with Crippen molar-refractivity contribution >= 4 is 22.1 Å². The van der Waals surface area contributed by atoms with Crippen molar-refractivity contribution in [3.8, 4) is 0 Å². The molecule has 7 nitrogen and oxygen atoms in total. The van der Waals surface area contributed by atoms with E-state index in [1.807, 2.05) is 13.8 Å². The summed E-state index contributed by atoms with van der Waals surface area (Å²) in [6.07, 6.45) is 5.32. The molecular weight excluding hydrogens is 407 g/mol. The van der Waals surface area contributed by atoms with Gasteiger partial charge >= 0.3 is 29.6 Å². The minimum atomic E-state index is -5.29. The topological polar surface area (TPSA) is 135 Å². The van der Waals surface area contributed by atoms with E-state index in [0.717, 1.165) is 25.7 Å². The molecule has 0 amide bonds. The van der Waals surface area contributed by atoms with Crippen molar-refractivity contribution in [2.75, 3.05) is 0 Å². The van der Waals surface area contributed by atoms with Crippen molar-refractivity contribution in [2.24, 2.45) is 17.8 Å². The number of carbonyl (C=O) groups excluding carboxylic acids is 2. The number of carboxylic acid groups (broad SMARTS) is 2. The minimum Gasteiger partial charge on any atom is -0.550 e. The van der Waals surface area contributed by atoms with Crippen LogP contribution in [0, 0.1) is 17.8 Å². The second-order valence-electron chi connectivity index (χ2n) is 7.62. The van der Waals surface area contributed by atoms with Crippen LogP contribution in [0.4, 0.5) is 0 Å². The van der Waals surface area contributed by atoms with Crippen LogP contribution in [0.2, 0.25) is 0 Å². The molecule has 0 aromatic heterocycles. The summed E-state index contributed by atoms with van der Waals surface area (Å²) in [5.41, 5.74) is 0. The van der Waals surface area contributed by atoms with E-state index in [4.69, 9.17) is 0 Å². The third kappa shape index (κ3) is 7.80. The minimum absolute atomic E-state index is 0. The fraction of sp³-hybridized carbons (Fsp3) is 0.900. The molecule has 4 unspecified atom stereocenters. The second-order valence-corrected chi connectivity index (χ2v) is 9.24. The van der Waals surface area contributed by atoms with E-state index in [9.17, 15) is 32.8 Å². The molecule has 0 radical (unpaired) electrons. The van der Waals surface area contributed by atoms with Crippen LogP contribution in [0.15, 0.2) is 0 Å². The van der Waals surface area contributed by atoms with Crippen LogP contribution in [0.5, 0.6) is 0 Å². The summed E-state index contributed by atoms with van der Waals surface area (Å²) in [6.45, 7) is 7.21. The van der Waals surface area contributed by atoms with Gasteiger partial charge in [-0.3, -0.25) is 4.55 Å². The van der Waals surface area contributed by atoms with Gasteiger partial charge in [-0.25, -0.2) is 0 Å². The molecular formula is C20H36NaO7S-. The van der Waals surface area contributed by atoms with Gasteiger partial charge in [-0.05, 0) is 24.7 Å². The zero-order valence-corrected chi connectivity index (χ0v) is 21.4. The second kappa shape index (κ2) is 14.8. The first kappa shape index (κ1) is 31.0. The third-order valence-corrected chi connectivity index (χ3v) is 7.50. The Morgan fingerprint density at radius 1 is 0.897 bits per heavy atom. The maximum atomic E-state index is 12.5. The van der Waals surface area contributed by atoms with Crippen LogP contribution in [-0.4, -0.2) is 29.7 Å². The molecule has 9 heteroatoms. The zero-order chi connectivity index (χ0) is 22.0. The molecule has 0 aromatic rings. The molecule has 0 spiro atoms. The van der Waals surface area contributed by atoms with Gasteiger partial charge in [0.25, 0.3) is 10.1 Å². The fourth-order valence-corrected chi connectivity index (χ4v) is 5.89. The molecule has 0 saturated carbocycles. The molecule has 0 aliphatic rings. The summed E-state index contributed by atoms with van der Waals surface area (Å²) in [7, 11) is -5.29. The Bertz CT molecular complexity index is 594. The van der Waals surface area contributed by atoms with Crippen LogP contribution in [0.3, 0.4) is 0 Å². The Morgan fingerprint density at radius 2 is 1.38 bits per heavy atom. The summed E-state index contributed by atoms with van der Waals surface area (Å²) in [6, 6.07) is 0. The van der Waals surface area contributed by atoms with Crippen LogP contribution >= 0.6 is 0 Å². The van der Waals surface area contributed by atoms with Crippen molar-refractivity contribution < 1.29 is 62.3 Å². The molecule has 0 saturated heterocycles. The summed E-state index contributed by atoms with van der Waals surface area (Å²) < 4.78 is 32.1. The first-order valence-electron chi connectivity index (χ1n) is 10.4. The molecule has 0 bridgehead atoms. The summed E-state index contributed by atoms with van der Waals surface area (Å²) in [5.74, 6) is -7.53. The van der Waals surface area contributed by atoms with Crippen molar-refractivity contribution in [3.63, 3.8) is 0 Å². The molecule has 29 heavy (non-hydrogen) atoms. The Morgan fingerprint density at radius 3 is 1.69 bits per heavy atom. The van der Waals surface area contributed by atoms with E-state index < -0.39 is 44.6 Å². The molecule has 0 fully saturated rings. The fourth-order valence-electron chi connectivity index (χ4n) is 4.37. The van der Waals surface area contributed by atoms with Crippen molar-refractivity contribution in [1.29, 1.82) is 0 Å². The van der Waals surface area contributed by atoms with Crippen LogP contribution in [-0.2, 0) is 19.7 Å². The van der Waals surface area contributed by atoms with Gasteiger partial charge in [0.05, 0.1) is 5.97 Å². The molecule has 0 aromatic carbocycles. The number of aliphatic carboxylic acids is 2. The number of rotatable bonds is 16. The number of hydrogen-bond donors (Lipinski definition) is 1. The van der Waals surface area contributed by atoms with Gasteiger partial charge < -0.3 is 19.8 Å². The smallest absolute Gasteiger partial charge is 0.550 e. The predicted molar refractivity (Wildman–Crippen MR) is 104 cm³/mol. The van der Waals surface area contributed by atoms with Gasteiger partial charge in [0.1, 0.15) is 4.75 Å². The SMILES string of the molecule is CCCCCC(CC)C(C(=O)[O-])C(C(=O)[O-])(C(CC)CCCCC)S(=O)(=O)O.[Na+]. The van der Waals surface area contributed by atoms with Crippen molar-refractivity contribution in [1.82, 2.24) is 0 Å². The molecule has 1 N–H and O–H groups in total. The van der Waals surface area contributed by atoms with Crippen LogP contribution < -0.4 is 39.8 Å². The predicted octanol–water partition coefficient (Wildman–Crippen LogP) is -1.05. The quantitative estimate of drug-likeness (QED) is 0.183. The van der Waals surface area contributed by atoms with E-state index >= 15 is 0 Å². The standard InChI is InChI=1S/C20H38O7S.Na/c1-5-9-11-13-15(7-3)17(18(21)22)20(19(23)24,28(25,26)27)16(8-4)14-12-10-6-2;/h15-17H,5-14H2,1-4H3,(H,21,22)(H,23,24)(H,25,26,27);/q;+1/p-2. The van der Waals surface area contributed by atoms with E-state index in [1.165, 1.54) is 0 Å². The third-order valence-electron chi connectivity index (χ3n) is 5.89. The van der Waals surface area contributed by atoms with Crippen LogP contribution in [0.1, 0.15) is 91.9 Å². The Balaban J connectivity index is 0. The first-order valence-corrected chi connectivity index (χ1v) is 11.9. The summed E-state index contributed by atoms with van der Waals surface area (Å²) in [5, 5.41) is 24.4. The molecule has 0 heterocycles. The number of unbranched alkanes of at least 4 members (excludes halogenated alkanes) is 4. The Labute approximate surface area is 198 Å². The monoisotopic (exact) mass is 443 g/mol. The van der Waals surface area contributed by atoms with Gasteiger partial charge in [0, 0.05) is 11.9 Å². The van der Waals surface area contributed by atoms with Crippen molar-refractivity contribution in [2.45, 2.75) is 96.7 Å². The van der Waals surface area contributed by atoms with Crippen LogP contribution in [0.25, 0.3) is 0 Å². The summed E-state index contributed by atoms with van der Waals surface area (Å²) >= 11 is 0. The molecule has 0 aliphatic carbocycles. The maximum Gasteiger partial charge on any atom is 1.00 e. The number of hydrogen-bond acceptors (Lipinski definition) is 6. The van der Waals surface area contributed by atoms with E-state index in [2.05, 4.69) is 0 Å². The van der Waals surface area contributed by atoms with Gasteiger partial charge in [-0.2, -0.15) is 8.42 Å². The molecule has 4 atom stereocenters. The molecule has 0 rings (SSSR count). The van der Waals surface area contributed by atoms with Crippen molar-refractivity contribution in [3.05, 3.63) is 0 Å². The molecule has 166 valence electrons. The van der Waals surface area contributed by atoms with Gasteiger partial charge in [0.15, 0.2) is 0 Å². The largest absolute Gasteiger partial charge is 1.00 e. The van der Waals surface area contributed by atoms with E-state index in [-0.39, 0.29) is 48.8 Å². The number of carboxylic acids is 2. The van der Waals surface area contributed by atoms with Gasteiger partial charge in [-0.15, -0.1) is 0 Å². The van der Waals surface area contributed by atoms with Gasteiger partial charge in [-0.1, -0.05) is 79.1 Å². The van der Waals surface area contributed by atoms with E-state index in [0.29, 0.717) is 19.3 Å².